The third-order valence-corrected chi connectivity index (χ3v) is 3.69. The normalized spacial score (nSPS) is 16.6. The lowest BCUT2D eigenvalue weighted by Gasteiger charge is -2.35. The Labute approximate surface area is 123 Å². The zero-order valence-corrected chi connectivity index (χ0v) is 12.2. The highest BCUT2D eigenvalue weighted by molar-refractivity contribution is 5.84. The van der Waals surface area contributed by atoms with Crippen LogP contribution in [0.15, 0.2) is 6.33 Å². The molecule has 2 aromatic heterocycles. The molecule has 3 heterocycles. The number of nitrogens with one attached hydrogen (secondary N) is 2. The Bertz CT molecular complexity index is 591. The number of anilines is 2. The van der Waals surface area contributed by atoms with Gasteiger partial charge in [-0.05, 0) is 6.92 Å². The number of rotatable bonds is 5. The summed E-state index contributed by atoms with van der Waals surface area (Å²) in [6.45, 7) is 7.37. The van der Waals surface area contributed by atoms with E-state index >= 15 is 0 Å². The number of hydrogen-bond acceptors (Lipinski definition) is 7. The Morgan fingerprint density at radius 1 is 1.29 bits per heavy atom. The summed E-state index contributed by atoms with van der Waals surface area (Å²) in [5.74, 6) is 1.52. The maximum absolute atomic E-state index is 9.01. The minimum Gasteiger partial charge on any atom is -0.395 e. The van der Waals surface area contributed by atoms with Crippen LogP contribution in [0.3, 0.4) is 0 Å². The highest BCUT2D eigenvalue weighted by Gasteiger charge is 2.21. The van der Waals surface area contributed by atoms with E-state index in [1.807, 2.05) is 6.92 Å². The van der Waals surface area contributed by atoms with E-state index in [9.17, 15) is 0 Å². The van der Waals surface area contributed by atoms with Gasteiger partial charge in [0.25, 0.3) is 0 Å². The van der Waals surface area contributed by atoms with Crippen LogP contribution in [-0.2, 0) is 0 Å². The Morgan fingerprint density at radius 2 is 2.10 bits per heavy atom. The van der Waals surface area contributed by atoms with Gasteiger partial charge >= 0.3 is 0 Å². The van der Waals surface area contributed by atoms with Gasteiger partial charge in [-0.25, -0.2) is 4.98 Å². The lowest BCUT2D eigenvalue weighted by molar-refractivity contribution is 0.188. The molecule has 0 bridgehead atoms. The minimum absolute atomic E-state index is 0.211. The van der Waals surface area contributed by atoms with Crippen LogP contribution in [0.25, 0.3) is 11.2 Å². The van der Waals surface area contributed by atoms with Crippen LogP contribution in [0.2, 0.25) is 0 Å². The van der Waals surface area contributed by atoms with E-state index in [2.05, 4.69) is 35.1 Å². The minimum atomic E-state index is 0.211. The lowest BCUT2D eigenvalue weighted by atomic mass is 10.3. The van der Waals surface area contributed by atoms with Gasteiger partial charge in [0.15, 0.2) is 11.5 Å². The van der Waals surface area contributed by atoms with Gasteiger partial charge in [0, 0.05) is 39.3 Å². The van der Waals surface area contributed by atoms with Crippen LogP contribution in [0.4, 0.5) is 11.8 Å². The molecule has 0 aliphatic carbocycles. The molecule has 0 unspecified atom stereocenters. The lowest BCUT2D eigenvalue weighted by Crippen LogP contribution is -2.47. The number of aliphatic hydroxyl groups is 1. The molecule has 0 aromatic carbocycles. The van der Waals surface area contributed by atoms with Crippen molar-refractivity contribution in [3.63, 3.8) is 0 Å². The second-order valence-corrected chi connectivity index (χ2v) is 5.05. The molecule has 1 saturated heterocycles. The predicted molar refractivity (Wildman–Crippen MR) is 81.6 cm³/mol. The molecule has 3 N–H and O–H groups in total. The molecular formula is C13H21N7O. The van der Waals surface area contributed by atoms with Crippen LogP contribution in [-0.4, -0.2) is 75.8 Å². The van der Waals surface area contributed by atoms with Crippen LogP contribution in [0, 0.1) is 0 Å². The average molecular weight is 291 g/mol. The van der Waals surface area contributed by atoms with Crippen LogP contribution < -0.4 is 10.2 Å². The van der Waals surface area contributed by atoms with Gasteiger partial charge in [0.1, 0.15) is 5.52 Å². The summed E-state index contributed by atoms with van der Waals surface area (Å²) >= 11 is 0. The molecule has 8 nitrogen and oxygen atoms in total. The zero-order chi connectivity index (χ0) is 14.7. The first-order valence-corrected chi connectivity index (χ1v) is 7.35. The molecular weight excluding hydrogens is 270 g/mol. The molecule has 0 radical (unpaired) electrons. The number of H-pyrrole nitrogens is 1. The van der Waals surface area contributed by atoms with Crippen molar-refractivity contribution in [2.75, 3.05) is 56.1 Å². The Hall–Kier alpha value is -1.93. The highest BCUT2D eigenvalue weighted by atomic mass is 16.3. The summed E-state index contributed by atoms with van der Waals surface area (Å²) in [5, 5.41) is 12.2. The number of aromatic nitrogens is 4. The van der Waals surface area contributed by atoms with Crippen molar-refractivity contribution < 1.29 is 5.11 Å². The summed E-state index contributed by atoms with van der Waals surface area (Å²) in [7, 11) is 0. The SMILES string of the molecule is CCNc1nc(N2CCN(CCO)CC2)c2[nH]cnc2n1. The molecule has 1 fully saturated rings. The average Bonchev–Trinajstić information content (AvgIpc) is 2.96. The van der Waals surface area contributed by atoms with Crippen molar-refractivity contribution in [1.82, 2.24) is 24.8 Å². The van der Waals surface area contributed by atoms with Crippen molar-refractivity contribution >= 4 is 22.9 Å². The molecule has 2 aromatic rings. The van der Waals surface area contributed by atoms with Crippen molar-refractivity contribution in [2.24, 2.45) is 0 Å². The maximum atomic E-state index is 9.01. The van der Waals surface area contributed by atoms with Gasteiger partial charge in [-0.2, -0.15) is 9.97 Å². The summed E-state index contributed by atoms with van der Waals surface area (Å²) < 4.78 is 0. The van der Waals surface area contributed by atoms with Crippen molar-refractivity contribution in [3.05, 3.63) is 6.33 Å². The fourth-order valence-electron chi connectivity index (χ4n) is 2.61. The molecule has 21 heavy (non-hydrogen) atoms. The summed E-state index contributed by atoms with van der Waals surface area (Å²) in [6.07, 6.45) is 1.65. The Balaban J connectivity index is 1.84. The van der Waals surface area contributed by atoms with E-state index in [-0.39, 0.29) is 6.61 Å². The maximum Gasteiger partial charge on any atom is 0.226 e. The quantitative estimate of drug-likeness (QED) is 0.708. The monoisotopic (exact) mass is 291 g/mol. The number of nitrogens with zero attached hydrogens (tertiary/aromatic N) is 5. The van der Waals surface area contributed by atoms with E-state index in [1.165, 1.54) is 0 Å². The number of imidazole rings is 1. The fraction of sp³-hybridized carbons (Fsp3) is 0.615. The molecule has 1 aliphatic heterocycles. The number of β-amino-alcohol motifs (C(OH)–C–C–N with tert-alkyl or cyclic N) is 1. The first-order valence-electron chi connectivity index (χ1n) is 7.35. The third kappa shape index (κ3) is 2.91. The molecule has 0 spiro atoms. The van der Waals surface area contributed by atoms with Crippen molar-refractivity contribution in [1.29, 1.82) is 0 Å². The first-order chi connectivity index (χ1) is 10.3. The zero-order valence-electron chi connectivity index (χ0n) is 12.2. The molecule has 3 rings (SSSR count). The van der Waals surface area contributed by atoms with Gasteiger partial charge in [-0.15, -0.1) is 0 Å². The number of aromatic amines is 1. The van der Waals surface area contributed by atoms with Gasteiger partial charge in [-0.3, -0.25) is 4.90 Å². The first kappa shape index (κ1) is 14.0. The van der Waals surface area contributed by atoms with E-state index in [4.69, 9.17) is 5.11 Å². The second kappa shape index (κ2) is 6.23. The molecule has 0 saturated carbocycles. The molecule has 8 heteroatoms. The third-order valence-electron chi connectivity index (χ3n) is 3.69. The van der Waals surface area contributed by atoms with Gasteiger partial charge < -0.3 is 20.3 Å². The van der Waals surface area contributed by atoms with Crippen molar-refractivity contribution in [2.45, 2.75) is 6.92 Å². The summed E-state index contributed by atoms with van der Waals surface area (Å²) in [4.78, 5) is 20.9. The van der Waals surface area contributed by atoms with E-state index in [0.717, 1.165) is 50.6 Å². The van der Waals surface area contributed by atoms with E-state index < -0.39 is 0 Å². The standard InChI is InChI=1S/C13H21N7O/c1-2-14-13-17-11-10(15-9-16-11)12(18-13)20-5-3-19(4-6-20)7-8-21/h9,21H,2-8H2,1H3,(H2,14,15,16,17,18). The number of fused-ring (bicyclic) bond motifs is 1. The predicted octanol–water partition coefficient (Wildman–Crippen LogP) is -0.101. The smallest absolute Gasteiger partial charge is 0.226 e. The highest BCUT2D eigenvalue weighted by Crippen LogP contribution is 2.23. The summed E-state index contributed by atoms with van der Waals surface area (Å²) in [6, 6.07) is 0. The fourth-order valence-corrected chi connectivity index (χ4v) is 2.61. The molecule has 1 aliphatic rings. The Morgan fingerprint density at radius 3 is 2.81 bits per heavy atom. The van der Waals surface area contributed by atoms with Crippen molar-refractivity contribution in [3.8, 4) is 0 Å². The second-order valence-electron chi connectivity index (χ2n) is 5.05. The van der Waals surface area contributed by atoms with Crippen LogP contribution >= 0.6 is 0 Å². The largest absolute Gasteiger partial charge is 0.395 e. The van der Waals surface area contributed by atoms with Crippen LogP contribution in [0.5, 0.6) is 0 Å². The topological polar surface area (TPSA) is 93.2 Å². The summed E-state index contributed by atoms with van der Waals surface area (Å²) in [5.41, 5.74) is 1.57. The van der Waals surface area contributed by atoms with Gasteiger partial charge in [-0.1, -0.05) is 0 Å². The number of piperazine rings is 1. The Kier molecular flexibility index (Phi) is 4.16. The van der Waals surface area contributed by atoms with Gasteiger partial charge in [0.2, 0.25) is 5.95 Å². The van der Waals surface area contributed by atoms with E-state index in [0.29, 0.717) is 11.6 Å². The number of aliphatic hydroxyl groups excluding tert-OH is 1. The molecule has 114 valence electrons. The molecule has 0 amide bonds. The molecule has 0 atom stereocenters. The van der Waals surface area contributed by atoms with Crippen LogP contribution in [0.1, 0.15) is 6.92 Å². The van der Waals surface area contributed by atoms with Gasteiger partial charge in [0.05, 0.1) is 12.9 Å². The number of hydrogen-bond donors (Lipinski definition) is 3. The van der Waals surface area contributed by atoms with E-state index in [1.54, 1.807) is 6.33 Å².